The fraction of sp³-hybridized carbons (Fsp3) is 0.0667. The zero-order chi connectivity index (χ0) is 33.5. The Morgan fingerprint density at radius 2 is 1.10 bits per heavy atom. The van der Waals surface area contributed by atoms with Gasteiger partial charge in [-0.2, -0.15) is 0 Å². The lowest BCUT2D eigenvalue weighted by Gasteiger charge is -2.36. The van der Waals surface area contributed by atoms with E-state index in [1.807, 2.05) is 35.6 Å². The average Bonchev–Trinajstić information content (AvgIpc) is 3.88. The second-order valence-corrected chi connectivity index (χ2v) is 14.6. The van der Waals surface area contributed by atoms with Crippen molar-refractivity contribution in [3.8, 4) is 11.1 Å². The molecule has 4 heterocycles. The summed E-state index contributed by atoms with van der Waals surface area (Å²) in [6.45, 7) is 0. The number of nitrogens with two attached hydrogens (primary N) is 1. The Morgan fingerprint density at radius 1 is 0.451 bits per heavy atom. The van der Waals surface area contributed by atoms with Crippen molar-refractivity contribution in [2.24, 2.45) is 0 Å². The van der Waals surface area contributed by atoms with Gasteiger partial charge in [0.2, 0.25) is 0 Å². The standard InChI is InChI=1S/C45H31N3O2S/c1-2-9-26(10-3-1)43-46-44(48-45(47-43)29-17-20-33-31-11-4-6-15-37(31)49-39(33)25-29)28-19-22-41-36(24-28)35-23-27(18-21-40(35)51-41)30-13-8-14-34-32-12-5-7-16-38(32)50-42(30)34/h1-25,43-48H/p+1. The van der Waals surface area contributed by atoms with E-state index >= 15 is 0 Å². The Hall–Kier alpha value is -5.76. The first-order valence-corrected chi connectivity index (χ1v) is 18.3. The first-order valence-electron chi connectivity index (χ1n) is 17.4. The molecule has 0 spiro atoms. The predicted octanol–water partition coefficient (Wildman–Crippen LogP) is 10.7. The van der Waals surface area contributed by atoms with Crippen molar-refractivity contribution in [2.75, 3.05) is 0 Å². The predicted molar refractivity (Wildman–Crippen MR) is 209 cm³/mol. The normalized spacial score (nSPS) is 18.2. The van der Waals surface area contributed by atoms with Crippen molar-refractivity contribution in [3.05, 3.63) is 168 Å². The number of rotatable bonds is 4. The van der Waals surface area contributed by atoms with Gasteiger partial charge >= 0.3 is 0 Å². The van der Waals surface area contributed by atoms with E-state index in [0.717, 1.165) is 55.0 Å². The Kier molecular flexibility index (Phi) is 6.48. The molecule has 0 radical (unpaired) electrons. The van der Waals surface area contributed by atoms with E-state index in [0.29, 0.717) is 0 Å². The monoisotopic (exact) mass is 678 g/mol. The van der Waals surface area contributed by atoms with Gasteiger partial charge in [0.05, 0.1) is 6.17 Å². The number of hydrogen-bond acceptors (Lipinski definition) is 5. The van der Waals surface area contributed by atoms with Gasteiger partial charge < -0.3 is 14.2 Å². The van der Waals surface area contributed by atoms with Crippen LogP contribution in [0.2, 0.25) is 0 Å². The maximum absolute atomic E-state index is 6.43. The quantitative estimate of drug-likeness (QED) is 0.173. The maximum Gasteiger partial charge on any atom is 0.169 e. The van der Waals surface area contributed by atoms with Crippen molar-refractivity contribution in [1.82, 2.24) is 10.6 Å². The summed E-state index contributed by atoms with van der Waals surface area (Å²) in [7, 11) is 0. The molecular weight excluding hydrogens is 647 g/mol. The lowest BCUT2D eigenvalue weighted by molar-refractivity contribution is -0.755. The number of fused-ring (bicyclic) bond motifs is 9. The molecule has 1 fully saturated rings. The highest BCUT2D eigenvalue weighted by atomic mass is 32.1. The molecule has 3 atom stereocenters. The molecular formula is C45H32N3O2S+. The van der Waals surface area contributed by atoms with Gasteiger partial charge in [0, 0.05) is 58.4 Å². The van der Waals surface area contributed by atoms with E-state index < -0.39 is 0 Å². The van der Waals surface area contributed by atoms with E-state index in [1.165, 1.54) is 36.9 Å². The average molecular weight is 679 g/mol. The molecule has 1 aliphatic rings. The maximum atomic E-state index is 6.43. The molecule has 5 nitrogen and oxygen atoms in total. The molecule has 4 N–H and O–H groups in total. The molecule has 7 aromatic carbocycles. The highest BCUT2D eigenvalue weighted by Crippen LogP contribution is 2.41. The topological polar surface area (TPSA) is 67.0 Å². The van der Waals surface area contributed by atoms with Crippen molar-refractivity contribution in [3.63, 3.8) is 0 Å². The van der Waals surface area contributed by atoms with Crippen LogP contribution in [0, 0.1) is 0 Å². The van der Waals surface area contributed by atoms with Crippen LogP contribution in [0.3, 0.4) is 0 Å². The second-order valence-electron chi connectivity index (χ2n) is 13.5. The third kappa shape index (κ3) is 4.73. The first kappa shape index (κ1) is 29.0. The number of nitrogens with one attached hydrogen (secondary N) is 2. The summed E-state index contributed by atoms with van der Waals surface area (Å²) in [5.74, 6) is 0. The number of benzene rings is 7. The van der Waals surface area contributed by atoms with Gasteiger partial charge in [-0.15, -0.1) is 11.3 Å². The number of hydrogen-bond donors (Lipinski definition) is 3. The Labute approximate surface area is 297 Å². The molecule has 1 aliphatic heterocycles. The molecule has 3 unspecified atom stereocenters. The minimum absolute atomic E-state index is 0.00452. The smallest absolute Gasteiger partial charge is 0.169 e. The zero-order valence-corrected chi connectivity index (χ0v) is 28.3. The molecule has 10 aromatic rings. The molecule has 51 heavy (non-hydrogen) atoms. The van der Waals surface area contributed by atoms with Gasteiger partial charge in [0.25, 0.3) is 0 Å². The summed E-state index contributed by atoms with van der Waals surface area (Å²) >= 11 is 1.85. The number of thiophene rings is 1. The molecule has 0 aliphatic carbocycles. The van der Waals surface area contributed by atoms with Crippen LogP contribution in [-0.4, -0.2) is 0 Å². The van der Waals surface area contributed by atoms with Crippen LogP contribution in [-0.2, 0) is 0 Å². The summed E-state index contributed by atoms with van der Waals surface area (Å²) in [6.07, 6.45) is -0.0204. The highest BCUT2D eigenvalue weighted by molar-refractivity contribution is 7.25. The highest BCUT2D eigenvalue weighted by Gasteiger charge is 2.33. The van der Waals surface area contributed by atoms with Gasteiger partial charge in [0.1, 0.15) is 22.3 Å². The minimum atomic E-state index is -0.0802. The largest absolute Gasteiger partial charge is 0.456 e. The van der Waals surface area contributed by atoms with E-state index in [1.54, 1.807) is 0 Å². The summed E-state index contributed by atoms with van der Waals surface area (Å²) in [6, 6.07) is 54.1. The van der Waals surface area contributed by atoms with Gasteiger partial charge in [-0.1, -0.05) is 103 Å². The summed E-state index contributed by atoms with van der Waals surface area (Å²) < 4.78 is 15.3. The zero-order valence-electron chi connectivity index (χ0n) is 27.5. The second kappa shape index (κ2) is 11.4. The molecule has 6 heteroatoms. The van der Waals surface area contributed by atoms with Crippen LogP contribution in [0.4, 0.5) is 0 Å². The van der Waals surface area contributed by atoms with Crippen LogP contribution in [0.1, 0.15) is 35.2 Å². The lowest BCUT2D eigenvalue weighted by Crippen LogP contribution is -2.94. The number of furan rings is 2. The molecule has 0 bridgehead atoms. The van der Waals surface area contributed by atoms with E-state index in [4.69, 9.17) is 8.83 Å². The van der Waals surface area contributed by atoms with Crippen LogP contribution < -0.4 is 16.0 Å². The Bertz CT molecular complexity index is 2940. The molecule has 11 rings (SSSR count). The first-order chi connectivity index (χ1) is 25.2. The molecule has 0 saturated carbocycles. The van der Waals surface area contributed by atoms with Crippen molar-refractivity contribution >= 4 is 75.4 Å². The fourth-order valence-electron chi connectivity index (χ4n) is 8.03. The Morgan fingerprint density at radius 3 is 1.94 bits per heavy atom. The van der Waals surface area contributed by atoms with Gasteiger partial charge in [-0.3, -0.25) is 0 Å². The Balaban J connectivity index is 1.00. The molecule has 0 amide bonds. The third-order valence-electron chi connectivity index (χ3n) is 10.5. The summed E-state index contributed by atoms with van der Waals surface area (Å²) in [5, 5.41) is 17.3. The van der Waals surface area contributed by atoms with E-state index in [2.05, 4.69) is 143 Å². The lowest BCUT2D eigenvalue weighted by atomic mass is 9.99. The van der Waals surface area contributed by atoms with Crippen molar-refractivity contribution < 1.29 is 14.2 Å². The van der Waals surface area contributed by atoms with Crippen LogP contribution >= 0.6 is 11.3 Å². The van der Waals surface area contributed by atoms with Crippen LogP contribution in [0.5, 0.6) is 0 Å². The minimum Gasteiger partial charge on any atom is -0.456 e. The SMILES string of the molecule is c1ccc(C2NC(c3ccc4sc5ccc(-c6cccc7c6oc6ccccc67)cc5c4c3)NC(c3ccc4c(c3)oc3ccccc34)[NH2+]2)cc1. The summed E-state index contributed by atoms with van der Waals surface area (Å²) in [5.41, 5.74) is 9.58. The number of para-hydroxylation sites is 3. The third-order valence-corrected chi connectivity index (χ3v) is 11.7. The summed E-state index contributed by atoms with van der Waals surface area (Å²) in [4.78, 5) is 0. The molecule has 244 valence electrons. The molecule has 3 aromatic heterocycles. The van der Waals surface area contributed by atoms with Gasteiger partial charge in [0.15, 0.2) is 12.3 Å². The van der Waals surface area contributed by atoms with Gasteiger partial charge in [-0.25, -0.2) is 10.6 Å². The molecule has 1 saturated heterocycles. The van der Waals surface area contributed by atoms with Crippen LogP contribution in [0.15, 0.2) is 160 Å². The van der Waals surface area contributed by atoms with Crippen molar-refractivity contribution in [1.29, 1.82) is 0 Å². The van der Waals surface area contributed by atoms with Crippen LogP contribution in [0.25, 0.3) is 75.2 Å². The number of quaternary nitrogens is 1. The fourth-order valence-corrected chi connectivity index (χ4v) is 9.10. The van der Waals surface area contributed by atoms with E-state index in [9.17, 15) is 0 Å². The van der Waals surface area contributed by atoms with Crippen molar-refractivity contribution in [2.45, 2.75) is 18.5 Å². The van der Waals surface area contributed by atoms with Gasteiger partial charge in [-0.05, 0) is 59.7 Å². The van der Waals surface area contributed by atoms with E-state index in [-0.39, 0.29) is 18.5 Å².